The van der Waals surface area contributed by atoms with E-state index in [0.29, 0.717) is 0 Å². The van der Waals surface area contributed by atoms with Crippen LogP contribution in [0, 0.1) is 0 Å². The van der Waals surface area contributed by atoms with E-state index in [4.69, 9.17) is 0 Å². The molecule has 2 nitrogen and oxygen atoms in total. The van der Waals surface area contributed by atoms with Gasteiger partial charge in [0.15, 0.2) is 0 Å². The summed E-state index contributed by atoms with van der Waals surface area (Å²) < 4.78 is 1.03. The van der Waals surface area contributed by atoms with Crippen molar-refractivity contribution in [3.63, 3.8) is 0 Å². The SMILES string of the molecule is CSc1ccccc1C(=O)N[C@@H](C)c1ccc(Br)cc1. The van der Waals surface area contributed by atoms with Crippen molar-refractivity contribution < 1.29 is 4.79 Å². The molecule has 0 radical (unpaired) electrons. The first-order chi connectivity index (χ1) is 9.61. The molecule has 104 valence electrons. The lowest BCUT2D eigenvalue weighted by Gasteiger charge is -2.15. The zero-order chi connectivity index (χ0) is 14.5. The highest BCUT2D eigenvalue weighted by Gasteiger charge is 2.14. The van der Waals surface area contributed by atoms with Gasteiger partial charge in [0.1, 0.15) is 0 Å². The predicted molar refractivity (Wildman–Crippen MR) is 88.2 cm³/mol. The standard InChI is InChI=1S/C16H16BrNOS/c1-11(12-7-9-13(17)10-8-12)18-16(19)14-5-3-4-6-15(14)20-2/h3-11H,1-2H3,(H,18,19)/t11-/m0/s1. The first-order valence-electron chi connectivity index (χ1n) is 6.31. The Morgan fingerprint density at radius 1 is 1.15 bits per heavy atom. The molecule has 1 N–H and O–H groups in total. The van der Waals surface area contributed by atoms with Crippen molar-refractivity contribution in [3.8, 4) is 0 Å². The molecule has 4 heteroatoms. The van der Waals surface area contributed by atoms with E-state index in [9.17, 15) is 4.79 Å². The van der Waals surface area contributed by atoms with Crippen molar-refractivity contribution in [1.82, 2.24) is 5.32 Å². The van der Waals surface area contributed by atoms with Crippen LogP contribution in [-0.2, 0) is 0 Å². The summed E-state index contributed by atoms with van der Waals surface area (Å²) >= 11 is 4.99. The number of carbonyl (C=O) groups excluding carboxylic acids is 1. The molecule has 1 amide bonds. The molecule has 2 rings (SSSR count). The van der Waals surface area contributed by atoms with Crippen LogP contribution in [0.1, 0.15) is 28.9 Å². The largest absolute Gasteiger partial charge is 0.345 e. The third kappa shape index (κ3) is 3.64. The summed E-state index contributed by atoms with van der Waals surface area (Å²) in [4.78, 5) is 13.3. The zero-order valence-corrected chi connectivity index (χ0v) is 13.8. The monoisotopic (exact) mass is 349 g/mol. The van der Waals surface area contributed by atoms with Crippen molar-refractivity contribution in [2.45, 2.75) is 17.9 Å². The van der Waals surface area contributed by atoms with E-state index in [-0.39, 0.29) is 11.9 Å². The van der Waals surface area contributed by atoms with Gasteiger partial charge in [-0.1, -0.05) is 40.2 Å². The molecular formula is C16H16BrNOS. The fourth-order valence-electron chi connectivity index (χ4n) is 1.94. The van der Waals surface area contributed by atoms with Crippen molar-refractivity contribution in [1.29, 1.82) is 0 Å². The van der Waals surface area contributed by atoms with Gasteiger partial charge in [0, 0.05) is 9.37 Å². The van der Waals surface area contributed by atoms with Crippen LogP contribution in [0.3, 0.4) is 0 Å². The molecule has 0 unspecified atom stereocenters. The molecule has 0 saturated heterocycles. The molecule has 0 fully saturated rings. The van der Waals surface area contributed by atoms with E-state index < -0.39 is 0 Å². The molecule has 0 bridgehead atoms. The summed E-state index contributed by atoms with van der Waals surface area (Å²) in [6, 6.07) is 15.6. The van der Waals surface area contributed by atoms with Crippen molar-refractivity contribution in [3.05, 3.63) is 64.1 Å². The van der Waals surface area contributed by atoms with E-state index in [1.54, 1.807) is 11.8 Å². The number of amides is 1. The Morgan fingerprint density at radius 3 is 2.45 bits per heavy atom. The Hall–Kier alpha value is -1.26. The topological polar surface area (TPSA) is 29.1 Å². The lowest BCUT2D eigenvalue weighted by molar-refractivity contribution is 0.0937. The van der Waals surface area contributed by atoms with Gasteiger partial charge in [0.05, 0.1) is 11.6 Å². The van der Waals surface area contributed by atoms with Crippen LogP contribution >= 0.6 is 27.7 Å². The second-order valence-electron chi connectivity index (χ2n) is 4.45. The predicted octanol–water partition coefficient (Wildman–Crippen LogP) is 4.66. The van der Waals surface area contributed by atoms with Gasteiger partial charge in [-0.05, 0) is 43.0 Å². The minimum absolute atomic E-state index is 0.0227. The zero-order valence-electron chi connectivity index (χ0n) is 11.4. The van der Waals surface area contributed by atoms with Gasteiger partial charge in [0.25, 0.3) is 5.91 Å². The molecule has 2 aromatic carbocycles. The summed E-state index contributed by atoms with van der Waals surface area (Å²) in [7, 11) is 0. The normalized spacial score (nSPS) is 11.9. The van der Waals surface area contributed by atoms with Gasteiger partial charge >= 0.3 is 0 Å². The molecule has 0 aliphatic rings. The number of carbonyl (C=O) groups is 1. The Bertz CT molecular complexity index is 598. The lowest BCUT2D eigenvalue weighted by Crippen LogP contribution is -2.27. The van der Waals surface area contributed by atoms with Gasteiger partial charge in [-0.15, -0.1) is 11.8 Å². The van der Waals surface area contributed by atoms with E-state index >= 15 is 0 Å². The third-order valence-corrected chi connectivity index (χ3v) is 4.39. The quantitative estimate of drug-likeness (QED) is 0.813. The first-order valence-corrected chi connectivity index (χ1v) is 8.33. The molecule has 0 aromatic heterocycles. The molecular weight excluding hydrogens is 334 g/mol. The van der Waals surface area contributed by atoms with Gasteiger partial charge in [-0.25, -0.2) is 0 Å². The number of halogens is 1. The van der Waals surface area contributed by atoms with Gasteiger partial charge < -0.3 is 5.32 Å². The van der Waals surface area contributed by atoms with Crippen LogP contribution in [-0.4, -0.2) is 12.2 Å². The van der Waals surface area contributed by atoms with E-state index in [1.165, 1.54) is 0 Å². The summed E-state index contributed by atoms with van der Waals surface area (Å²) in [6.07, 6.45) is 1.98. The smallest absolute Gasteiger partial charge is 0.252 e. The van der Waals surface area contributed by atoms with E-state index in [1.807, 2.05) is 61.7 Å². The van der Waals surface area contributed by atoms with Crippen molar-refractivity contribution >= 4 is 33.6 Å². The van der Waals surface area contributed by atoms with Crippen molar-refractivity contribution in [2.24, 2.45) is 0 Å². The van der Waals surface area contributed by atoms with Crippen LogP contribution < -0.4 is 5.32 Å². The average Bonchev–Trinajstić information content (AvgIpc) is 2.47. The summed E-state index contributed by atoms with van der Waals surface area (Å²) in [5.74, 6) is -0.0367. The van der Waals surface area contributed by atoms with Gasteiger partial charge in [0.2, 0.25) is 0 Å². The molecule has 2 aromatic rings. The molecule has 0 saturated carbocycles. The maximum absolute atomic E-state index is 12.3. The second kappa shape index (κ2) is 6.95. The summed E-state index contributed by atoms with van der Waals surface area (Å²) in [5.41, 5.74) is 1.81. The summed E-state index contributed by atoms with van der Waals surface area (Å²) in [5, 5.41) is 3.04. The summed E-state index contributed by atoms with van der Waals surface area (Å²) in [6.45, 7) is 1.99. The Morgan fingerprint density at radius 2 is 1.80 bits per heavy atom. The van der Waals surface area contributed by atoms with Crippen LogP contribution in [0.4, 0.5) is 0 Å². The highest BCUT2D eigenvalue weighted by atomic mass is 79.9. The van der Waals surface area contributed by atoms with Crippen LogP contribution in [0.15, 0.2) is 57.9 Å². The molecule has 0 aliphatic carbocycles. The fraction of sp³-hybridized carbons (Fsp3) is 0.188. The minimum Gasteiger partial charge on any atom is -0.345 e. The number of thioether (sulfide) groups is 1. The fourth-order valence-corrected chi connectivity index (χ4v) is 2.80. The second-order valence-corrected chi connectivity index (χ2v) is 6.21. The maximum Gasteiger partial charge on any atom is 0.252 e. The molecule has 20 heavy (non-hydrogen) atoms. The van der Waals surface area contributed by atoms with Crippen molar-refractivity contribution in [2.75, 3.05) is 6.26 Å². The molecule has 0 aliphatic heterocycles. The third-order valence-electron chi connectivity index (χ3n) is 3.07. The van der Waals surface area contributed by atoms with Gasteiger partial charge in [-0.3, -0.25) is 4.79 Å². The van der Waals surface area contributed by atoms with E-state index in [0.717, 1.165) is 20.5 Å². The number of rotatable bonds is 4. The number of hydrogen-bond donors (Lipinski definition) is 1. The molecule has 1 atom stereocenters. The minimum atomic E-state index is -0.0367. The molecule has 0 heterocycles. The highest BCUT2D eigenvalue weighted by molar-refractivity contribution is 9.10. The molecule has 0 spiro atoms. The Balaban J connectivity index is 2.13. The number of benzene rings is 2. The Kier molecular flexibility index (Phi) is 5.26. The van der Waals surface area contributed by atoms with E-state index in [2.05, 4.69) is 21.2 Å². The highest BCUT2D eigenvalue weighted by Crippen LogP contribution is 2.21. The van der Waals surface area contributed by atoms with Crippen LogP contribution in [0.2, 0.25) is 0 Å². The number of nitrogens with one attached hydrogen (secondary N) is 1. The van der Waals surface area contributed by atoms with Gasteiger partial charge in [-0.2, -0.15) is 0 Å². The average molecular weight is 350 g/mol. The number of hydrogen-bond acceptors (Lipinski definition) is 2. The van der Waals surface area contributed by atoms with Crippen LogP contribution in [0.5, 0.6) is 0 Å². The first kappa shape index (κ1) is 15.1. The maximum atomic E-state index is 12.3. The lowest BCUT2D eigenvalue weighted by atomic mass is 10.1. The van der Waals surface area contributed by atoms with Crippen LogP contribution in [0.25, 0.3) is 0 Å². The Labute approximate surface area is 132 Å².